The van der Waals surface area contributed by atoms with E-state index in [1.54, 1.807) is 0 Å². The molecule has 1 aliphatic rings. The molecule has 0 aromatic heterocycles. The maximum absolute atomic E-state index is 9.57. The fraction of sp³-hybridized carbons (Fsp3) is 0.533. The predicted molar refractivity (Wildman–Crippen MR) is 72.4 cm³/mol. The van der Waals surface area contributed by atoms with Crippen molar-refractivity contribution in [1.29, 1.82) is 5.26 Å². The molecular formula is C15H20N2O. The normalized spacial score (nSPS) is 17.4. The van der Waals surface area contributed by atoms with Crippen LogP contribution in [0, 0.1) is 23.7 Å². The second kappa shape index (κ2) is 5.41. The van der Waals surface area contributed by atoms with Crippen LogP contribution in [-0.2, 0) is 0 Å². The van der Waals surface area contributed by atoms with Gasteiger partial charge in [0.1, 0.15) is 6.07 Å². The average molecular weight is 244 g/mol. The van der Waals surface area contributed by atoms with Crippen molar-refractivity contribution in [2.75, 3.05) is 18.5 Å². The molecule has 0 spiro atoms. The number of aliphatic hydroxyl groups is 1. The minimum atomic E-state index is 0.0104. The maximum atomic E-state index is 9.57. The molecule has 1 saturated carbocycles. The quantitative estimate of drug-likeness (QED) is 0.856. The molecule has 0 unspecified atom stereocenters. The number of hydrogen-bond acceptors (Lipinski definition) is 3. The van der Waals surface area contributed by atoms with Crippen LogP contribution in [0.2, 0.25) is 0 Å². The summed E-state index contributed by atoms with van der Waals surface area (Å²) in [5.41, 5.74) is 2.71. The Morgan fingerprint density at radius 1 is 1.39 bits per heavy atom. The van der Waals surface area contributed by atoms with Crippen LogP contribution >= 0.6 is 0 Å². The SMILES string of the molecule is Cc1ccc(C#N)c(NCC2(CO)CCCC2)c1. The van der Waals surface area contributed by atoms with E-state index >= 15 is 0 Å². The number of aliphatic hydroxyl groups excluding tert-OH is 1. The summed E-state index contributed by atoms with van der Waals surface area (Å²) in [5.74, 6) is 0. The lowest BCUT2D eigenvalue weighted by Gasteiger charge is -2.27. The molecule has 96 valence electrons. The third-order valence-corrected chi connectivity index (χ3v) is 3.95. The monoisotopic (exact) mass is 244 g/mol. The Kier molecular flexibility index (Phi) is 3.88. The first kappa shape index (κ1) is 12.9. The van der Waals surface area contributed by atoms with Crippen LogP contribution in [0.1, 0.15) is 36.8 Å². The van der Waals surface area contributed by atoms with Crippen LogP contribution in [0.5, 0.6) is 0 Å². The van der Waals surface area contributed by atoms with Gasteiger partial charge in [-0.2, -0.15) is 5.26 Å². The summed E-state index contributed by atoms with van der Waals surface area (Å²) >= 11 is 0. The first-order valence-corrected chi connectivity index (χ1v) is 6.55. The van der Waals surface area contributed by atoms with Crippen molar-refractivity contribution >= 4 is 5.69 Å². The number of aryl methyl sites for hydroxylation is 1. The Labute approximate surface area is 108 Å². The van der Waals surface area contributed by atoms with E-state index in [1.165, 1.54) is 12.8 Å². The van der Waals surface area contributed by atoms with Gasteiger partial charge in [-0.3, -0.25) is 0 Å². The van der Waals surface area contributed by atoms with Crippen molar-refractivity contribution in [3.8, 4) is 6.07 Å². The highest BCUT2D eigenvalue weighted by Crippen LogP contribution is 2.37. The van der Waals surface area contributed by atoms with E-state index in [4.69, 9.17) is 5.26 Å². The van der Waals surface area contributed by atoms with Gasteiger partial charge in [0.2, 0.25) is 0 Å². The second-order valence-electron chi connectivity index (χ2n) is 5.38. The number of anilines is 1. The lowest BCUT2D eigenvalue weighted by atomic mass is 9.87. The molecule has 1 aliphatic carbocycles. The molecule has 0 atom stereocenters. The lowest BCUT2D eigenvalue weighted by Crippen LogP contribution is -2.30. The van der Waals surface area contributed by atoms with Gasteiger partial charge in [0.25, 0.3) is 0 Å². The van der Waals surface area contributed by atoms with Crippen molar-refractivity contribution < 1.29 is 5.11 Å². The van der Waals surface area contributed by atoms with Crippen LogP contribution < -0.4 is 5.32 Å². The number of nitriles is 1. The maximum Gasteiger partial charge on any atom is 0.101 e. The molecule has 0 saturated heterocycles. The summed E-state index contributed by atoms with van der Waals surface area (Å²) in [4.78, 5) is 0. The highest BCUT2D eigenvalue weighted by atomic mass is 16.3. The molecule has 0 heterocycles. The lowest BCUT2D eigenvalue weighted by molar-refractivity contribution is 0.142. The van der Waals surface area contributed by atoms with E-state index in [9.17, 15) is 5.11 Å². The van der Waals surface area contributed by atoms with Gasteiger partial charge in [-0.1, -0.05) is 18.9 Å². The Balaban J connectivity index is 2.10. The molecule has 1 fully saturated rings. The van der Waals surface area contributed by atoms with E-state index in [2.05, 4.69) is 11.4 Å². The summed E-state index contributed by atoms with van der Waals surface area (Å²) in [7, 11) is 0. The molecule has 0 bridgehead atoms. The van der Waals surface area contributed by atoms with Gasteiger partial charge < -0.3 is 10.4 Å². The zero-order valence-corrected chi connectivity index (χ0v) is 10.9. The fourth-order valence-corrected chi connectivity index (χ4v) is 2.70. The van der Waals surface area contributed by atoms with Crippen LogP contribution in [0.25, 0.3) is 0 Å². The number of benzene rings is 1. The van der Waals surface area contributed by atoms with Crippen molar-refractivity contribution in [3.05, 3.63) is 29.3 Å². The second-order valence-corrected chi connectivity index (χ2v) is 5.38. The van der Waals surface area contributed by atoms with Gasteiger partial charge in [0.15, 0.2) is 0 Å². The molecular weight excluding hydrogens is 224 g/mol. The van der Waals surface area contributed by atoms with E-state index in [-0.39, 0.29) is 12.0 Å². The van der Waals surface area contributed by atoms with Gasteiger partial charge in [0, 0.05) is 12.0 Å². The third-order valence-electron chi connectivity index (χ3n) is 3.95. The van der Waals surface area contributed by atoms with Gasteiger partial charge >= 0.3 is 0 Å². The molecule has 1 aromatic carbocycles. The van der Waals surface area contributed by atoms with Gasteiger partial charge in [0.05, 0.1) is 17.9 Å². The van der Waals surface area contributed by atoms with Gasteiger partial charge in [-0.25, -0.2) is 0 Å². The van der Waals surface area contributed by atoms with E-state index < -0.39 is 0 Å². The fourth-order valence-electron chi connectivity index (χ4n) is 2.70. The molecule has 0 radical (unpaired) electrons. The zero-order valence-electron chi connectivity index (χ0n) is 10.9. The first-order valence-electron chi connectivity index (χ1n) is 6.55. The van der Waals surface area contributed by atoms with Crippen LogP contribution in [0.3, 0.4) is 0 Å². The van der Waals surface area contributed by atoms with Crippen LogP contribution in [-0.4, -0.2) is 18.3 Å². The standard InChI is InChI=1S/C15H20N2O/c1-12-4-5-13(9-16)14(8-12)17-10-15(11-18)6-2-3-7-15/h4-5,8,17-18H,2-3,6-7,10-11H2,1H3. The van der Waals surface area contributed by atoms with E-state index in [1.807, 2.05) is 25.1 Å². The summed E-state index contributed by atoms with van der Waals surface area (Å²) < 4.78 is 0. The highest BCUT2D eigenvalue weighted by molar-refractivity contribution is 5.58. The van der Waals surface area contributed by atoms with Crippen LogP contribution in [0.15, 0.2) is 18.2 Å². The number of rotatable bonds is 4. The molecule has 2 N–H and O–H groups in total. The van der Waals surface area contributed by atoms with Crippen molar-refractivity contribution in [2.24, 2.45) is 5.41 Å². The minimum Gasteiger partial charge on any atom is -0.396 e. The zero-order chi connectivity index (χ0) is 13.0. The van der Waals surface area contributed by atoms with E-state index in [0.717, 1.165) is 30.6 Å². The summed E-state index contributed by atoms with van der Waals surface area (Å²) in [5, 5.41) is 22.0. The molecule has 18 heavy (non-hydrogen) atoms. The van der Waals surface area contributed by atoms with E-state index in [0.29, 0.717) is 5.56 Å². The minimum absolute atomic E-state index is 0.0104. The first-order chi connectivity index (χ1) is 8.69. The van der Waals surface area contributed by atoms with Crippen LogP contribution in [0.4, 0.5) is 5.69 Å². The molecule has 3 nitrogen and oxygen atoms in total. The predicted octanol–water partition coefficient (Wildman–Crippen LogP) is 2.83. The van der Waals surface area contributed by atoms with Crippen molar-refractivity contribution in [3.63, 3.8) is 0 Å². The number of hydrogen-bond donors (Lipinski definition) is 2. The highest BCUT2D eigenvalue weighted by Gasteiger charge is 2.32. The Hall–Kier alpha value is -1.53. The van der Waals surface area contributed by atoms with Crippen molar-refractivity contribution in [2.45, 2.75) is 32.6 Å². The molecule has 1 aromatic rings. The topological polar surface area (TPSA) is 56.0 Å². The summed E-state index contributed by atoms with van der Waals surface area (Å²) in [6, 6.07) is 7.99. The molecule has 3 heteroatoms. The molecule has 0 amide bonds. The van der Waals surface area contributed by atoms with Gasteiger partial charge in [-0.15, -0.1) is 0 Å². The number of nitrogens with zero attached hydrogens (tertiary/aromatic N) is 1. The largest absolute Gasteiger partial charge is 0.396 e. The van der Waals surface area contributed by atoms with Gasteiger partial charge in [-0.05, 0) is 37.5 Å². The molecule has 0 aliphatic heterocycles. The summed E-state index contributed by atoms with van der Waals surface area (Å²) in [6.07, 6.45) is 4.54. The molecule has 2 rings (SSSR count). The average Bonchev–Trinajstić information content (AvgIpc) is 2.86. The van der Waals surface area contributed by atoms with Crippen molar-refractivity contribution in [1.82, 2.24) is 0 Å². The third kappa shape index (κ3) is 2.65. The Morgan fingerprint density at radius 2 is 2.11 bits per heavy atom. The smallest absolute Gasteiger partial charge is 0.101 e. The Morgan fingerprint density at radius 3 is 2.72 bits per heavy atom. The number of nitrogens with one attached hydrogen (secondary N) is 1. The summed E-state index contributed by atoms with van der Waals surface area (Å²) in [6.45, 7) is 3.00. The Bertz CT molecular complexity index is 456.